The van der Waals surface area contributed by atoms with Gasteiger partial charge in [0.2, 0.25) is 11.8 Å². The molecule has 9 rings (SSSR count). The van der Waals surface area contributed by atoms with Gasteiger partial charge in [0.1, 0.15) is 17.5 Å². The SMILES string of the molecule is COc1cc(-c2cn(C)c(=O)c3c2CCC3)cc(OC)c1CN1CCC(CN2CCC3(CC2)CN(c2ccc4c(c2)C(=O)N(C2CCC(=O)NC2=O)C4)C3)CC1. The van der Waals surface area contributed by atoms with E-state index in [9.17, 15) is 19.2 Å². The van der Waals surface area contributed by atoms with Crippen molar-refractivity contribution in [2.24, 2.45) is 18.4 Å². The maximum Gasteiger partial charge on any atom is 0.255 e. The van der Waals surface area contributed by atoms with E-state index in [-0.39, 0.29) is 29.7 Å². The van der Waals surface area contributed by atoms with Crippen molar-refractivity contribution < 1.29 is 23.9 Å². The number of rotatable bonds is 9. The third kappa shape index (κ3) is 6.68. The Morgan fingerprint density at radius 2 is 1.54 bits per heavy atom. The molecule has 0 radical (unpaired) electrons. The number of imide groups is 1. The Hall–Kier alpha value is -4.68. The number of nitrogens with one attached hydrogen (secondary N) is 1. The van der Waals surface area contributed by atoms with Crippen LogP contribution in [-0.4, -0.2) is 103 Å². The van der Waals surface area contributed by atoms with Crippen LogP contribution < -0.4 is 25.2 Å². The summed E-state index contributed by atoms with van der Waals surface area (Å²) in [6.07, 6.45) is 10.2. The number of benzene rings is 2. The Balaban J connectivity index is 0.758. The van der Waals surface area contributed by atoms with Crippen LogP contribution in [0.1, 0.15) is 77.6 Å². The van der Waals surface area contributed by atoms with E-state index >= 15 is 0 Å². The molecule has 6 aliphatic rings. The molecular formula is C44H54N6O6. The van der Waals surface area contributed by atoms with Gasteiger partial charge in [0.05, 0.1) is 19.8 Å². The maximum atomic E-state index is 13.4. The molecule has 296 valence electrons. The summed E-state index contributed by atoms with van der Waals surface area (Å²) < 4.78 is 13.7. The minimum Gasteiger partial charge on any atom is -0.496 e. The number of pyridine rings is 1. The lowest BCUT2D eigenvalue weighted by atomic mass is 9.71. The monoisotopic (exact) mass is 762 g/mol. The number of hydrogen-bond donors (Lipinski definition) is 1. The zero-order valence-electron chi connectivity index (χ0n) is 33.0. The predicted octanol–water partition coefficient (Wildman–Crippen LogP) is 4.13. The number of likely N-dealkylation sites (tertiary alicyclic amines) is 2. The molecular weight excluding hydrogens is 709 g/mol. The van der Waals surface area contributed by atoms with E-state index in [0.29, 0.717) is 29.9 Å². The molecule has 0 saturated carbocycles. The summed E-state index contributed by atoms with van der Waals surface area (Å²) in [5, 5.41) is 2.39. The second kappa shape index (κ2) is 14.7. The number of amides is 3. The number of anilines is 1. The first-order chi connectivity index (χ1) is 27.1. The summed E-state index contributed by atoms with van der Waals surface area (Å²) in [6, 6.07) is 9.84. The molecule has 4 fully saturated rings. The molecule has 6 heterocycles. The highest BCUT2D eigenvalue weighted by atomic mass is 16.5. The minimum absolute atomic E-state index is 0.110. The summed E-state index contributed by atoms with van der Waals surface area (Å²) in [5.41, 5.74) is 8.50. The lowest BCUT2D eigenvalue weighted by Crippen LogP contribution is -2.60. The Bertz CT molecular complexity index is 2100. The van der Waals surface area contributed by atoms with Crippen molar-refractivity contribution in [1.29, 1.82) is 0 Å². The number of methoxy groups -OCH3 is 2. The molecule has 12 heteroatoms. The van der Waals surface area contributed by atoms with Crippen molar-refractivity contribution in [3.8, 4) is 22.6 Å². The Kier molecular flexibility index (Phi) is 9.68. The van der Waals surface area contributed by atoms with Crippen LogP contribution in [0.3, 0.4) is 0 Å². The topological polar surface area (TPSA) is 117 Å². The van der Waals surface area contributed by atoms with Crippen molar-refractivity contribution in [3.63, 3.8) is 0 Å². The third-order valence-electron chi connectivity index (χ3n) is 13.8. The van der Waals surface area contributed by atoms with Crippen molar-refractivity contribution in [2.45, 2.75) is 76.9 Å². The van der Waals surface area contributed by atoms with E-state index in [2.05, 4.69) is 38.2 Å². The Morgan fingerprint density at radius 3 is 2.23 bits per heavy atom. The smallest absolute Gasteiger partial charge is 0.255 e. The fourth-order valence-electron chi connectivity index (χ4n) is 10.5. The van der Waals surface area contributed by atoms with Gasteiger partial charge in [-0.15, -0.1) is 0 Å². The van der Waals surface area contributed by atoms with Crippen molar-refractivity contribution in [1.82, 2.24) is 24.6 Å². The molecule has 4 saturated heterocycles. The zero-order valence-corrected chi connectivity index (χ0v) is 33.0. The molecule has 1 unspecified atom stereocenters. The maximum absolute atomic E-state index is 13.4. The standard InChI is InChI=1S/C44H54N6O6/c1-46-24-35(32-5-4-6-33(32)42(46)53)30-19-38(55-2)36(39(20-30)56-3)25-47-15-11-28(12-16-47)22-48-17-13-44(14-18-48)26-49(27-44)31-8-7-29-23-50(43(54)34(29)21-31)37-9-10-40(51)45-41(37)52/h7-8,19-21,24,28,37H,4-6,9-18,22-23,25-27H2,1-3H3,(H,45,51,52). The van der Waals surface area contributed by atoms with Gasteiger partial charge >= 0.3 is 0 Å². The summed E-state index contributed by atoms with van der Waals surface area (Å²) >= 11 is 0. The van der Waals surface area contributed by atoms with Gasteiger partial charge in [-0.1, -0.05) is 6.07 Å². The number of aromatic nitrogens is 1. The molecule has 1 N–H and O–H groups in total. The first-order valence-corrected chi connectivity index (χ1v) is 20.6. The van der Waals surface area contributed by atoms with Crippen LogP contribution in [0.5, 0.6) is 11.5 Å². The van der Waals surface area contributed by atoms with Gasteiger partial charge in [-0.2, -0.15) is 0 Å². The number of carbonyl (C=O) groups is 3. The fourth-order valence-corrected chi connectivity index (χ4v) is 10.5. The average molecular weight is 763 g/mol. The largest absolute Gasteiger partial charge is 0.496 e. The molecule has 5 aliphatic heterocycles. The van der Waals surface area contributed by atoms with Gasteiger partial charge < -0.3 is 28.7 Å². The Labute approximate surface area is 328 Å². The molecule has 1 atom stereocenters. The average Bonchev–Trinajstić information content (AvgIpc) is 3.81. The Morgan fingerprint density at radius 1 is 0.821 bits per heavy atom. The molecule has 12 nitrogen and oxygen atoms in total. The molecule has 1 aliphatic carbocycles. The summed E-state index contributed by atoms with van der Waals surface area (Å²) in [6.45, 7) is 8.77. The van der Waals surface area contributed by atoms with Gasteiger partial charge in [0, 0.05) is 80.2 Å². The molecule has 3 aromatic rings. The highest BCUT2D eigenvalue weighted by molar-refractivity contribution is 6.05. The van der Waals surface area contributed by atoms with Crippen molar-refractivity contribution in [2.75, 3.05) is 64.9 Å². The zero-order chi connectivity index (χ0) is 38.7. The normalized spacial score (nSPS) is 22.6. The number of aryl methyl sites for hydroxylation is 1. The van der Waals surface area contributed by atoms with Crippen LogP contribution in [0.25, 0.3) is 11.1 Å². The van der Waals surface area contributed by atoms with E-state index in [4.69, 9.17) is 9.47 Å². The number of carbonyl (C=O) groups excluding carboxylic acids is 3. The molecule has 2 aromatic carbocycles. The van der Waals surface area contributed by atoms with Crippen LogP contribution in [0, 0.1) is 11.3 Å². The lowest BCUT2D eigenvalue weighted by molar-refractivity contribution is -0.136. The van der Waals surface area contributed by atoms with Crippen LogP contribution in [0.15, 0.2) is 41.3 Å². The van der Waals surface area contributed by atoms with Gasteiger partial charge in [-0.3, -0.25) is 29.4 Å². The molecule has 1 spiro atoms. The predicted molar refractivity (Wildman–Crippen MR) is 213 cm³/mol. The summed E-state index contributed by atoms with van der Waals surface area (Å²) in [7, 11) is 5.31. The van der Waals surface area contributed by atoms with E-state index in [1.807, 2.05) is 25.4 Å². The quantitative estimate of drug-likeness (QED) is 0.322. The highest BCUT2D eigenvalue weighted by Gasteiger charge is 2.46. The number of hydrogen-bond acceptors (Lipinski definition) is 9. The second-order valence-electron chi connectivity index (χ2n) is 17.2. The van der Waals surface area contributed by atoms with Gasteiger partial charge in [0.15, 0.2) is 0 Å². The van der Waals surface area contributed by atoms with Crippen LogP contribution in [0.2, 0.25) is 0 Å². The first kappa shape index (κ1) is 36.9. The number of ether oxygens (including phenoxy) is 2. The van der Waals surface area contributed by atoms with E-state index < -0.39 is 6.04 Å². The fraction of sp³-hybridized carbons (Fsp3) is 0.545. The molecule has 0 bridgehead atoms. The van der Waals surface area contributed by atoms with Gasteiger partial charge in [-0.05, 0) is 124 Å². The minimum atomic E-state index is -0.584. The number of nitrogens with zero attached hydrogens (tertiary/aromatic N) is 5. The molecule has 56 heavy (non-hydrogen) atoms. The first-order valence-electron chi connectivity index (χ1n) is 20.6. The van der Waals surface area contributed by atoms with Gasteiger partial charge in [0.25, 0.3) is 11.5 Å². The van der Waals surface area contributed by atoms with E-state index in [1.165, 1.54) is 31.2 Å². The van der Waals surface area contributed by atoms with Crippen LogP contribution in [-0.2, 0) is 42.6 Å². The third-order valence-corrected chi connectivity index (χ3v) is 13.8. The number of piperidine rings is 3. The second-order valence-corrected chi connectivity index (χ2v) is 17.2. The van der Waals surface area contributed by atoms with Crippen LogP contribution >= 0.6 is 0 Å². The molecule has 1 aromatic heterocycles. The van der Waals surface area contributed by atoms with Crippen molar-refractivity contribution >= 4 is 23.4 Å². The van der Waals surface area contributed by atoms with E-state index in [0.717, 1.165) is 117 Å². The summed E-state index contributed by atoms with van der Waals surface area (Å²) in [4.78, 5) is 59.5. The lowest BCUT2D eigenvalue weighted by Gasteiger charge is -2.55. The van der Waals surface area contributed by atoms with Crippen LogP contribution in [0.4, 0.5) is 5.69 Å². The number of fused-ring (bicyclic) bond motifs is 2. The van der Waals surface area contributed by atoms with Gasteiger partial charge in [-0.25, -0.2) is 0 Å². The van der Waals surface area contributed by atoms with E-state index in [1.54, 1.807) is 23.7 Å². The van der Waals surface area contributed by atoms with Crippen molar-refractivity contribution in [3.05, 3.63) is 74.7 Å². The molecule has 3 amide bonds. The highest BCUT2D eigenvalue weighted by Crippen LogP contribution is 2.44. The summed E-state index contributed by atoms with van der Waals surface area (Å²) in [5.74, 6) is 1.62.